The van der Waals surface area contributed by atoms with E-state index in [2.05, 4.69) is 71.4 Å². The predicted octanol–water partition coefficient (Wildman–Crippen LogP) is 6.76. The summed E-state index contributed by atoms with van der Waals surface area (Å²) in [7, 11) is 0. The molecule has 4 aromatic rings. The Morgan fingerprint density at radius 3 is 2.53 bits per heavy atom. The molecule has 0 radical (unpaired) electrons. The molecule has 1 aliphatic rings. The van der Waals surface area contributed by atoms with Gasteiger partial charge in [0.15, 0.2) is 0 Å². The lowest BCUT2D eigenvalue weighted by Gasteiger charge is -2.27. The molecular formula is C29H34N4O. The van der Waals surface area contributed by atoms with Gasteiger partial charge in [-0.25, -0.2) is 9.97 Å². The average Bonchev–Trinajstić information content (AvgIpc) is 3.34. The molecule has 0 fully saturated rings. The van der Waals surface area contributed by atoms with Gasteiger partial charge in [0.25, 0.3) is 5.91 Å². The average molecular weight is 455 g/mol. The zero-order valence-corrected chi connectivity index (χ0v) is 20.8. The molecule has 2 aromatic carbocycles. The van der Waals surface area contributed by atoms with Gasteiger partial charge in [0.1, 0.15) is 12.0 Å². The molecule has 5 rings (SSSR count). The van der Waals surface area contributed by atoms with Crippen LogP contribution >= 0.6 is 0 Å². The molecule has 1 unspecified atom stereocenters. The predicted molar refractivity (Wildman–Crippen MR) is 139 cm³/mol. The van der Waals surface area contributed by atoms with Crippen molar-refractivity contribution in [1.29, 1.82) is 0 Å². The molecule has 176 valence electrons. The number of hydrogen-bond acceptors (Lipinski definition) is 3. The molecule has 2 N–H and O–H groups in total. The summed E-state index contributed by atoms with van der Waals surface area (Å²) < 4.78 is 0. The lowest BCUT2D eigenvalue weighted by molar-refractivity contribution is 0.0932. The molecule has 0 saturated carbocycles. The second-order valence-electron chi connectivity index (χ2n) is 9.62. The molecule has 0 saturated heterocycles. The zero-order valence-electron chi connectivity index (χ0n) is 20.8. The highest BCUT2D eigenvalue weighted by atomic mass is 16.1. The largest absolute Gasteiger partial charge is 0.346 e. The summed E-state index contributed by atoms with van der Waals surface area (Å²) in [6, 6.07) is 16.5. The van der Waals surface area contributed by atoms with E-state index in [1.807, 2.05) is 38.2 Å². The van der Waals surface area contributed by atoms with Crippen LogP contribution in [0.3, 0.4) is 0 Å². The van der Waals surface area contributed by atoms with Crippen LogP contribution in [0.5, 0.6) is 0 Å². The fourth-order valence-corrected chi connectivity index (χ4v) is 4.58. The number of carbonyl (C=O) groups excluding carboxylic acids is 1. The summed E-state index contributed by atoms with van der Waals surface area (Å²) in [6.07, 6.45) is 6.50. The monoisotopic (exact) mass is 454 g/mol. The second kappa shape index (κ2) is 9.80. The van der Waals surface area contributed by atoms with Crippen molar-refractivity contribution in [3.05, 3.63) is 83.3 Å². The molecule has 1 aliphatic carbocycles. The van der Waals surface area contributed by atoms with Gasteiger partial charge in [0, 0.05) is 22.7 Å². The van der Waals surface area contributed by atoms with Gasteiger partial charge >= 0.3 is 0 Å². The van der Waals surface area contributed by atoms with Crippen molar-refractivity contribution in [2.45, 2.75) is 65.3 Å². The third kappa shape index (κ3) is 4.74. The first-order valence-corrected chi connectivity index (χ1v) is 12.2. The summed E-state index contributed by atoms with van der Waals surface area (Å²) in [6.45, 7) is 10.5. The van der Waals surface area contributed by atoms with E-state index in [1.54, 1.807) is 6.33 Å². The topological polar surface area (TPSA) is 70.7 Å². The van der Waals surface area contributed by atoms with E-state index in [1.165, 1.54) is 16.7 Å². The summed E-state index contributed by atoms with van der Waals surface area (Å²) >= 11 is 0. The van der Waals surface area contributed by atoms with Crippen molar-refractivity contribution >= 4 is 16.9 Å². The summed E-state index contributed by atoms with van der Waals surface area (Å²) in [4.78, 5) is 24.9. The van der Waals surface area contributed by atoms with Crippen molar-refractivity contribution in [2.24, 2.45) is 0 Å². The molecule has 5 nitrogen and oxygen atoms in total. The van der Waals surface area contributed by atoms with Gasteiger partial charge in [-0.05, 0) is 65.6 Å². The molecule has 34 heavy (non-hydrogen) atoms. The molecule has 0 bridgehead atoms. The normalized spacial score (nSPS) is 15.3. The van der Waals surface area contributed by atoms with Gasteiger partial charge in [-0.2, -0.15) is 0 Å². The van der Waals surface area contributed by atoms with Crippen LogP contribution in [0.1, 0.15) is 80.6 Å². The van der Waals surface area contributed by atoms with Gasteiger partial charge in [0.05, 0.1) is 11.7 Å². The molecular weight excluding hydrogens is 420 g/mol. The van der Waals surface area contributed by atoms with Crippen LogP contribution in [0.4, 0.5) is 0 Å². The van der Waals surface area contributed by atoms with Gasteiger partial charge in [-0.15, -0.1) is 0 Å². The number of aromatic amines is 1. The number of amides is 1. The van der Waals surface area contributed by atoms with Crippen molar-refractivity contribution in [2.75, 3.05) is 0 Å². The van der Waals surface area contributed by atoms with Crippen LogP contribution in [0, 0.1) is 0 Å². The number of benzene rings is 2. The lowest BCUT2D eigenvalue weighted by Crippen LogP contribution is -2.31. The zero-order chi connectivity index (χ0) is 24.3. The Morgan fingerprint density at radius 2 is 1.79 bits per heavy atom. The first-order valence-electron chi connectivity index (χ1n) is 12.2. The van der Waals surface area contributed by atoms with E-state index in [4.69, 9.17) is 0 Å². The minimum absolute atomic E-state index is 0.0165. The van der Waals surface area contributed by atoms with Crippen molar-refractivity contribution < 1.29 is 4.79 Å². The van der Waals surface area contributed by atoms with Gasteiger partial charge in [-0.1, -0.05) is 58.9 Å². The number of carbonyl (C=O) groups is 1. The maximum atomic E-state index is 13.0. The number of aryl methyl sites for hydroxylation is 1. The maximum absolute atomic E-state index is 13.0. The quantitative estimate of drug-likeness (QED) is 0.359. The van der Waals surface area contributed by atoms with Crippen LogP contribution in [0.2, 0.25) is 0 Å². The number of rotatable bonds is 3. The van der Waals surface area contributed by atoms with Crippen molar-refractivity contribution in [3.8, 4) is 11.3 Å². The Kier molecular flexibility index (Phi) is 6.82. The van der Waals surface area contributed by atoms with Gasteiger partial charge in [-0.3, -0.25) is 4.79 Å². The number of hydrogen-bond donors (Lipinski definition) is 2. The molecule has 2 heterocycles. The summed E-state index contributed by atoms with van der Waals surface area (Å²) in [5, 5.41) is 4.28. The number of nitrogens with one attached hydrogen (secondary N) is 2. The Hall–Kier alpha value is -3.47. The van der Waals surface area contributed by atoms with Crippen LogP contribution in [-0.2, 0) is 11.8 Å². The number of aromatic nitrogens is 3. The standard InChI is InChI=1S/C27H28N4O.C2H6/c1-27(2,3)20-10-7-17(8-11-20)26(32)31-23-6-4-5-18-15-19(9-12-21(18)23)24-22-13-14-28-25(22)30-16-29-24;1-2/h7-16,23H,4-6H2,1-3H3,(H,31,32)(H,28,29,30);1-2H3. The van der Waals surface area contributed by atoms with Crippen LogP contribution in [0.15, 0.2) is 61.1 Å². The third-order valence-corrected chi connectivity index (χ3v) is 6.40. The van der Waals surface area contributed by atoms with E-state index < -0.39 is 0 Å². The van der Waals surface area contributed by atoms with E-state index >= 15 is 0 Å². The highest BCUT2D eigenvalue weighted by Gasteiger charge is 2.23. The molecule has 0 aliphatic heterocycles. The van der Waals surface area contributed by atoms with Gasteiger partial charge in [0.2, 0.25) is 0 Å². The second-order valence-corrected chi connectivity index (χ2v) is 9.62. The minimum Gasteiger partial charge on any atom is -0.346 e. The van der Waals surface area contributed by atoms with Crippen molar-refractivity contribution in [3.63, 3.8) is 0 Å². The number of fused-ring (bicyclic) bond motifs is 2. The fourth-order valence-electron chi connectivity index (χ4n) is 4.58. The van der Waals surface area contributed by atoms with E-state index in [0.717, 1.165) is 41.6 Å². The first-order chi connectivity index (χ1) is 16.4. The van der Waals surface area contributed by atoms with Crippen LogP contribution in [-0.4, -0.2) is 20.9 Å². The van der Waals surface area contributed by atoms with Gasteiger partial charge < -0.3 is 10.3 Å². The van der Waals surface area contributed by atoms with E-state index in [9.17, 15) is 4.79 Å². The first kappa shape index (κ1) is 23.7. The maximum Gasteiger partial charge on any atom is 0.251 e. The van der Waals surface area contributed by atoms with Crippen LogP contribution in [0.25, 0.3) is 22.3 Å². The highest BCUT2D eigenvalue weighted by molar-refractivity contribution is 5.94. The number of nitrogens with zero attached hydrogens (tertiary/aromatic N) is 2. The summed E-state index contributed by atoms with van der Waals surface area (Å²) in [5.74, 6) is -0.0165. The minimum atomic E-state index is -0.0165. The molecule has 2 aromatic heterocycles. The lowest BCUT2D eigenvalue weighted by atomic mass is 9.85. The fraction of sp³-hybridized carbons (Fsp3) is 0.345. The SMILES string of the molecule is CC.CC(C)(C)c1ccc(C(=O)NC2CCCc3cc(-c4ncnc5[nH]ccc45)ccc32)cc1. The number of H-pyrrole nitrogens is 1. The Morgan fingerprint density at radius 1 is 1.03 bits per heavy atom. The molecule has 5 heteroatoms. The molecule has 1 atom stereocenters. The van der Waals surface area contributed by atoms with Crippen LogP contribution < -0.4 is 5.32 Å². The third-order valence-electron chi connectivity index (χ3n) is 6.40. The van der Waals surface area contributed by atoms with Crippen molar-refractivity contribution in [1.82, 2.24) is 20.3 Å². The van der Waals surface area contributed by atoms with E-state index in [-0.39, 0.29) is 17.4 Å². The highest BCUT2D eigenvalue weighted by Crippen LogP contribution is 2.34. The smallest absolute Gasteiger partial charge is 0.251 e. The molecule has 1 amide bonds. The van der Waals surface area contributed by atoms with E-state index in [0.29, 0.717) is 5.56 Å². The molecule has 0 spiro atoms. The Bertz CT molecular complexity index is 1280. The summed E-state index contributed by atoms with van der Waals surface area (Å²) in [5.41, 5.74) is 7.36. The Balaban J connectivity index is 0.00000133. The Labute approximate surface area is 202 Å².